The molecule has 0 radical (unpaired) electrons. The largest absolute Gasteiger partial charge is 0.385 e. The van der Waals surface area contributed by atoms with Gasteiger partial charge in [0.1, 0.15) is 0 Å². The van der Waals surface area contributed by atoms with Gasteiger partial charge in [0.2, 0.25) is 10.0 Å². The van der Waals surface area contributed by atoms with Crippen LogP contribution in [0.5, 0.6) is 0 Å². The molecule has 0 amide bonds. The van der Waals surface area contributed by atoms with E-state index in [0.29, 0.717) is 6.54 Å². The molecule has 6 nitrogen and oxygen atoms in total. The zero-order chi connectivity index (χ0) is 17.3. The van der Waals surface area contributed by atoms with Gasteiger partial charge in [-0.25, -0.2) is 18.4 Å². The topological polar surface area (TPSA) is 87.7 Å². The highest BCUT2D eigenvalue weighted by Gasteiger charge is 2.27. The predicted molar refractivity (Wildman–Crippen MR) is 95.0 cm³/mol. The molecule has 0 unspecified atom stereocenters. The molecule has 23 heavy (non-hydrogen) atoms. The average molecular weight is 363 g/mol. The minimum absolute atomic E-state index is 0.472. The Balaban J connectivity index is 2.18. The lowest BCUT2D eigenvalue weighted by Gasteiger charge is -2.19. The van der Waals surface area contributed by atoms with E-state index in [1.54, 1.807) is 20.8 Å². The number of anilines is 1. The first-order valence-electron chi connectivity index (χ1n) is 7.57. The molecule has 0 spiro atoms. The number of nitrogens with one attached hydrogen (secondary N) is 2. The molecule has 0 saturated carbocycles. The maximum Gasteiger partial charge on any atom is 0.216 e. The number of hydrogen-bond acceptors (Lipinski definition) is 6. The molecule has 0 fully saturated rings. The molecule has 3 N–H and O–H groups in total. The number of sulfonamides is 1. The first-order valence-corrected chi connectivity index (χ1v) is 9.80. The Labute approximate surface area is 143 Å². The fourth-order valence-electron chi connectivity index (χ4n) is 1.78. The maximum absolute atomic E-state index is 11.9. The lowest BCUT2D eigenvalue weighted by molar-refractivity contribution is -0.116. The third-order valence-corrected chi connectivity index (χ3v) is 5.97. The molecule has 1 aromatic carbocycles. The van der Waals surface area contributed by atoms with Crippen molar-refractivity contribution in [1.29, 1.82) is 0 Å². The van der Waals surface area contributed by atoms with Crippen molar-refractivity contribution in [2.75, 3.05) is 18.4 Å². The summed E-state index contributed by atoms with van der Waals surface area (Å²) >= 11 is 0.894. The van der Waals surface area contributed by atoms with Gasteiger partial charge < -0.3 is 5.32 Å². The smallest absolute Gasteiger partial charge is 0.216 e. The quantitative estimate of drug-likeness (QED) is 0.256. The van der Waals surface area contributed by atoms with Crippen LogP contribution in [0.25, 0.3) is 0 Å². The van der Waals surface area contributed by atoms with Gasteiger partial charge in [-0.05, 0) is 51.8 Å². The van der Waals surface area contributed by atoms with E-state index in [1.165, 1.54) is 0 Å². The zero-order valence-electron chi connectivity index (χ0n) is 13.8. The van der Waals surface area contributed by atoms with E-state index in [1.807, 2.05) is 24.3 Å². The van der Waals surface area contributed by atoms with Crippen molar-refractivity contribution in [2.24, 2.45) is 0 Å². The van der Waals surface area contributed by atoms with Crippen LogP contribution in [0.1, 0.15) is 40.0 Å². The van der Waals surface area contributed by atoms with Crippen LogP contribution in [0.3, 0.4) is 0 Å². The van der Waals surface area contributed by atoms with E-state index in [0.717, 1.165) is 48.4 Å². The second-order valence-electron chi connectivity index (χ2n) is 6.18. The van der Waals surface area contributed by atoms with Crippen LogP contribution >= 0.6 is 12.0 Å². The highest BCUT2D eigenvalue weighted by atomic mass is 32.2. The Morgan fingerprint density at radius 1 is 1.17 bits per heavy atom. The normalized spacial score (nSPS) is 12.3. The van der Waals surface area contributed by atoms with Gasteiger partial charge in [-0.2, -0.15) is 4.33 Å². The van der Waals surface area contributed by atoms with E-state index >= 15 is 0 Å². The lowest BCUT2D eigenvalue weighted by atomic mass is 10.2. The lowest BCUT2D eigenvalue weighted by Crippen LogP contribution is -2.39. The van der Waals surface area contributed by atoms with Gasteiger partial charge in [0, 0.05) is 23.7 Å². The van der Waals surface area contributed by atoms with Crippen molar-refractivity contribution in [3.05, 3.63) is 24.3 Å². The molecule has 0 heterocycles. The number of hydrogen-bond donors (Lipinski definition) is 3. The summed E-state index contributed by atoms with van der Waals surface area (Å²) in [7, 11) is -3.24. The molecule has 0 atom stereocenters. The summed E-state index contributed by atoms with van der Waals surface area (Å²) in [5, 5.41) is 11.7. The summed E-state index contributed by atoms with van der Waals surface area (Å²) in [4.78, 5) is 0.814. The summed E-state index contributed by atoms with van der Waals surface area (Å²) < 4.78 is 29.6. The van der Waals surface area contributed by atoms with Crippen LogP contribution in [0.4, 0.5) is 5.69 Å². The number of benzene rings is 1. The van der Waals surface area contributed by atoms with Crippen molar-refractivity contribution < 1.29 is 18.0 Å². The standard InChI is InChI=1S/C15H26N2O4S2/c1-15(2,3)23(19,20)17-11-6-4-5-10-16-13-8-7-9-14(12-13)22-21-18/h7-9,12,16-18H,4-6,10-11H2,1-3H3. The minimum Gasteiger partial charge on any atom is -0.385 e. The van der Waals surface area contributed by atoms with Crippen LogP contribution in [0.2, 0.25) is 0 Å². The van der Waals surface area contributed by atoms with Crippen LogP contribution < -0.4 is 10.0 Å². The van der Waals surface area contributed by atoms with Crippen molar-refractivity contribution in [1.82, 2.24) is 4.72 Å². The summed E-state index contributed by atoms with van der Waals surface area (Å²) in [6.45, 7) is 6.34. The molecule has 0 aliphatic heterocycles. The summed E-state index contributed by atoms with van der Waals surface area (Å²) in [5.74, 6) is 0. The average Bonchev–Trinajstić information content (AvgIpc) is 2.46. The van der Waals surface area contributed by atoms with Crippen molar-refractivity contribution in [3.63, 3.8) is 0 Å². The van der Waals surface area contributed by atoms with E-state index in [2.05, 4.69) is 14.4 Å². The van der Waals surface area contributed by atoms with Gasteiger partial charge >= 0.3 is 0 Å². The molecule has 1 rings (SSSR count). The Morgan fingerprint density at radius 3 is 2.52 bits per heavy atom. The van der Waals surface area contributed by atoms with Crippen molar-refractivity contribution >= 4 is 27.8 Å². The summed E-state index contributed by atoms with van der Waals surface area (Å²) in [6, 6.07) is 7.55. The van der Waals surface area contributed by atoms with Crippen molar-refractivity contribution in [2.45, 2.75) is 49.7 Å². The van der Waals surface area contributed by atoms with Gasteiger partial charge in [0.05, 0.1) is 16.8 Å². The molecule has 8 heteroatoms. The van der Waals surface area contributed by atoms with Crippen molar-refractivity contribution in [3.8, 4) is 0 Å². The van der Waals surface area contributed by atoms with E-state index < -0.39 is 14.8 Å². The summed E-state index contributed by atoms with van der Waals surface area (Å²) in [6.07, 6.45) is 2.70. The van der Waals surface area contributed by atoms with Crippen LogP contribution in [-0.2, 0) is 14.4 Å². The van der Waals surface area contributed by atoms with E-state index in [4.69, 9.17) is 5.26 Å². The van der Waals surface area contributed by atoms with Gasteiger partial charge in [-0.15, -0.1) is 0 Å². The Hall–Kier alpha value is -0.800. The summed E-state index contributed by atoms with van der Waals surface area (Å²) in [5.41, 5.74) is 0.959. The first kappa shape index (κ1) is 20.2. The molecule has 132 valence electrons. The third-order valence-electron chi connectivity index (χ3n) is 3.25. The SMILES string of the molecule is CC(C)(C)S(=O)(=O)NCCCCCNc1cccc(SOO)c1. The number of rotatable bonds is 10. The Bertz CT molecular complexity index is 571. The fraction of sp³-hybridized carbons (Fsp3) is 0.600. The van der Waals surface area contributed by atoms with Gasteiger partial charge in [0.25, 0.3) is 0 Å². The maximum atomic E-state index is 11.9. The van der Waals surface area contributed by atoms with Gasteiger partial charge in [-0.3, -0.25) is 0 Å². The second-order valence-corrected chi connectivity index (χ2v) is 9.49. The number of unbranched alkanes of at least 4 members (excludes halogenated alkanes) is 2. The Morgan fingerprint density at radius 2 is 1.87 bits per heavy atom. The monoisotopic (exact) mass is 362 g/mol. The first-order chi connectivity index (χ1) is 10.8. The van der Waals surface area contributed by atoms with Crippen LogP contribution in [0, 0.1) is 0 Å². The fourth-order valence-corrected chi connectivity index (χ4v) is 3.02. The second kappa shape index (κ2) is 9.48. The molecular weight excluding hydrogens is 336 g/mol. The minimum atomic E-state index is -3.24. The molecule has 0 saturated heterocycles. The molecule has 0 aliphatic carbocycles. The molecule has 0 aromatic heterocycles. The molecule has 0 aliphatic rings. The predicted octanol–water partition coefficient (Wildman–Crippen LogP) is 3.48. The highest BCUT2D eigenvalue weighted by molar-refractivity contribution is 7.94. The van der Waals surface area contributed by atoms with E-state index in [9.17, 15) is 8.42 Å². The molecular formula is C15H26N2O4S2. The molecule has 1 aromatic rings. The van der Waals surface area contributed by atoms with Crippen LogP contribution in [0.15, 0.2) is 29.2 Å². The molecule has 0 bridgehead atoms. The van der Waals surface area contributed by atoms with Gasteiger partial charge in [0.15, 0.2) is 0 Å². The highest BCUT2D eigenvalue weighted by Crippen LogP contribution is 2.21. The Kier molecular flexibility index (Phi) is 8.35. The van der Waals surface area contributed by atoms with Crippen LogP contribution in [-0.4, -0.2) is 31.5 Å². The zero-order valence-corrected chi connectivity index (χ0v) is 15.5. The third kappa shape index (κ3) is 7.54. The van der Waals surface area contributed by atoms with Gasteiger partial charge in [-0.1, -0.05) is 12.5 Å². The van der Waals surface area contributed by atoms with E-state index in [-0.39, 0.29) is 0 Å².